The van der Waals surface area contributed by atoms with E-state index in [0.717, 1.165) is 26.1 Å². The van der Waals surface area contributed by atoms with Crippen LogP contribution in [0.15, 0.2) is 54.9 Å². The Morgan fingerprint density at radius 2 is 1.91 bits per heavy atom. The molecule has 1 fully saturated rings. The molecule has 1 aliphatic heterocycles. The summed E-state index contributed by atoms with van der Waals surface area (Å²) >= 11 is 0. The van der Waals surface area contributed by atoms with Crippen LogP contribution < -0.4 is 0 Å². The summed E-state index contributed by atoms with van der Waals surface area (Å²) in [6.07, 6.45) is 6.13. The second-order valence-electron chi connectivity index (χ2n) is 6.04. The topological polar surface area (TPSA) is 25.4 Å². The fourth-order valence-electron chi connectivity index (χ4n) is 3.44. The van der Waals surface area contributed by atoms with Crippen molar-refractivity contribution in [3.05, 3.63) is 66.0 Å². The van der Waals surface area contributed by atoms with Crippen molar-refractivity contribution in [2.45, 2.75) is 24.8 Å². The Labute approximate surface area is 132 Å². The predicted octanol–water partition coefficient (Wildman–Crippen LogP) is 3.13. The van der Waals surface area contributed by atoms with Crippen LogP contribution in [0.1, 0.15) is 23.5 Å². The van der Waals surface area contributed by atoms with Crippen molar-refractivity contribution in [1.29, 1.82) is 0 Å². The minimum absolute atomic E-state index is 0.593. The first-order chi connectivity index (χ1) is 10.9. The molecule has 0 aliphatic carbocycles. The molecule has 22 heavy (non-hydrogen) atoms. The lowest BCUT2D eigenvalue weighted by atomic mass is 9.95. The molecule has 0 amide bonds. The molecule has 116 valence electrons. The van der Waals surface area contributed by atoms with Crippen LogP contribution >= 0.6 is 0 Å². The standard InChI is InChI=1S/C19H24N2O/c1-22-12-11-21-15-18(17-7-9-20-10-8-17)14-19(21)13-16-5-3-2-4-6-16/h2-10,18-19H,11-15H2,1H3/t18-,19-/m0/s1. The first-order valence-corrected chi connectivity index (χ1v) is 8.03. The van der Waals surface area contributed by atoms with Gasteiger partial charge in [0.2, 0.25) is 0 Å². The Morgan fingerprint density at radius 3 is 2.64 bits per heavy atom. The normalized spacial score (nSPS) is 22.0. The van der Waals surface area contributed by atoms with E-state index in [-0.39, 0.29) is 0 Å². The quantitative estimate of drug-likeness (QED) is 0.819. The minimum Gasteiger partial charge on any atom is -0.383 e. The van der Waals surface area contributed by atoms with Gasteiger partial charge >= 0.3 is 0 Å². The van der Waals surface area contributed by atoms with Crippen LogP contribution in [0.4, 0.5) is 0 Å². The number of aromatic nitrogens is 1. The maximum Gasteiger partial charge on any atom is 0.0589 e. The molecular formula is C19H24N2O. The molecule has 1 aliphatic rings. The fraction of sp³-hybridized carbons (Fsp3) is 0.421. The van der Waals surface area contributed by atoms with Gasteiger partial charge in [-0.15, -0.1) is 0 Å². The van der Waals surface area contributed by atoms with Gasteiger partial charge in [0.05, 0.1) is 6.61 Å². The zero-order valence-electron chi connectivity index (χ0n) is 13.2. The van der Waals surface area contributed by atoms with Gasteiger partial charge in [0.25, 0.3) is 0 Å². The summed E-state index contributed by atoms with van der Waals surface area (Å²) < 4.78 is 5.29. The molecule has 1 aromatic carbocycles. The van der Waals surface area contributed by atoms with E-state index in [0.29, 0.717) is 12.0 Å². The maximum atomic E-state index is 5.29. The molecule has 0 radical (unpaired) electrons. The molecule has 1 aromatic heterocycles. The minimum atomic E-state index is 0.593. The Balaban J connectivity index is 1.71. The molecule has 3 rings (SSSR count). The van der Waals surface area contributed by atoms with Gasteiger partial charge in [-0.25, -0.2) is 0 Å². The first-order valence-electron chi connectivity index (χ1n) is 8.03. The monoisotopic (exact) mass is 296 g/mol. The van der Waals surface area contributed by atoms with Crippen LogP contribution in [0, 0.1) is 0 Å². The second kappa shape index (κ2) is 7.52. The van der Waals surface area contributed by atoms with E-state index in [2.05, 4.69) is 52.3 Å². The first kappa shape index (κ1) is 15.2. The largest absolute Gasteiger partial charge is 0.383 e. The number of ether oxygens (including phenoxy) is 1. The van der Waals surface area contributed by atoms with Crippen LogP contribution in [0.5, 0.6) is 0 Å². The van der Waals surface area contributed by atoms with Gasteiger partial charge in [0.15, 0.2) is 0 Å². The average molecular weight is 296 g/mol. The van der Waals surface area contributed by atoms with E-state index in [1.807, 2.05) is 12.4 Å². The van der Waals surface area contributed by atoms with E-state index >= 15 is 0 Å². The third-order valence-electron chi connectivity index (χ3n) is 4.60. The molecule has 3 nitrogen and oxygen atoms in total. The fourth-order valence-corrected chi connectivity index (χ4v) is 3.44. The van der Waals surface area contributed by atoms with Crippen molar-refractivity contribution in [1.82, 2.24) is 9.88 Å². The van der Waals surface area contributed by atoms with Gasteiger partial charge in [-0.1, -0.05) is 30.3 Å². The highest BCUT2D eigenvalue weighted by atomic mass is 16.5. The van der Waals surface area contributed by atoms with Crippen LogP contribution in [0.2, 0.25) is 0 Å². The van der Waals surface area contributed by atoms with Crippen LogP contribution in [0.25, 0.3) is 0 Å². The molecule has 0 N–H and O–H groups in total. The number of pyridine rings is 1. The SMILES string of the molecule is COCCN1C[C@@H](c2ccncc2)C[C@@H]1Cc1ccccc1. The molecule has 0 spiro atoms. The van der Waals surface area contributed by atoms with E-state index < -0.39 is 0 Å². The highest BCUT2D eigenvalue weighted by Crippen LogP contribution is 2.32. The summed E-state index contributed by atoms with van der Waals surface area (Å²) in [5, 5.41) is 0. The van der Waals surface area contributed by atoms with E-state index in [1.54, 1.807) is 7.11 Å². The Kier molecular flexibility index (Phi) is 5.20. The summed E-state index contributed by atoms with van der Waals surface area (Å²) in [6.45, 7) is 2.93. The number of benzene rings is 1. The molecule has 0 saturated carbocycles. The van der Waals surface area contributed by atoms with Gasteiger partial charge in [0, 0.05) is 38.6 Å². The lowest BCUT2D eigenvalue weighted by Crippen LogP contribution is -2.34. The number of nitrogens with zero attached hydrogens (tertiary/aromatic N) is 2. The van der Waals surface area contributed by atoms with Crippen molar-refractivity contribution in [3.63, 3.8) is 0 Å². The van der Waals surface area contributed by atoms with Gasteiger partial charge in [0.1, 0.15) is 0 Å². The van der Waals surface area contributed by atoms with Crippen molar-refractivity contribution >= 4 is 0 Å². The molecule has 1 saturated heterocycles. The summed E-state index contributed by atoms with van der Waals surface area (Å²) in [5.41, 5.74) is 2.83. The van der Waals surface area contributed by atoms with Gasteiger partial charge in [-0.3, -0.25) is 9.88 Å². The highest BCUT2D eigenvalue weighted by Gasteiger charge is 2.32. The molecule has 2 aromatic rings. The zero-order valence-corrected chi connectivity index (χ0v) is 13.2. The number of likely N-dealkylation sites (tertiary alicyclic amines) is 1. The smallest absolute Gasteiger partial charge is 0.0589 e. The number of methoxy groups -OCH3 is 1. The molecule has 0 bridgehead atoms. The van der Waals surface area contributed by atoms with Gasteiger partial charge in [-0.05, 0) is 42.0 Å². The molecule has 2 heterocycles. The maximum absolute atomic E-state index is 5.29. The third kappa shape index (κ3) is 3.73. The van der Waals surface area contributed by atoms with Crippen LogP contribution in [-0.2, 0) is 11.2 Å². The molecule has 0 unspecified atom stereocenters. The van der Waals surface area contributed by atoms with Crippen molar-refractivity contribution < 1.29 is 4.74 Å². The van der Waals surface area contributed by atoms with Gasteiger partial charge in [-0.2, -0.15) is 0 Å². The van der Waals surface area contributed by atoms with Crippen molar-refractivity contribution in [2.75, 3.05) is 26.8 Å². The third-order valence-corrected chi connectivity index (χ3v) is 4.60. The number of rotatable bonds is 6. The summed E-state index contributed by atoms with van der Waals surface area (Å²) in [5.74, 6) is 0.605. The molecular weight excluding hydrogens is 272 g/mol. The number of hydrogen-bond donors (Lipinski definition) is 0. The average Bonchev–Trinajstić information content (AvgIpc) is 2.97. The molecule has 3 heteroatoms. The van der Waals surface area contributed by atoms with Gasteiger partial charge < -0.3 is 4.74 Å². The van der Waals surface area contributed by atoms with Crippen LogP contribution in [-0.4, -0.2) is 42.7 Å². The van der Waals surface area contributed by atoms with Crippen molar-refractivity contribution in [2.24, 2.45) is 0 Å². The van der Waals surface area contributed by atoms with E-state index in [4.69, 9.17) is 4.74 Å². The lowest BCUT2D eigenvalue weighted by molar-refractivity contribution is 0.140. The van der Waals surface area contributed by atoms with E-state index in [9.17, 15) is 0 Å². The summed E-state index contributed by atoms with van der Waals surface area (Å²) in [6, 6.07) is 15.7. The highest BCUT2D eigenvalue weighted by molar-refractivity contribution is 5.21. The van der Waals surface area contributed by atoms with Crippen LogP contribution in [0.3, 0.4) is 0 Å². The zero-order chi connectivity index (χ0) is 15.2. The van der Waals surface area contributed by atoms with Crippen molar-refractivity contribution in [3.8, 4) is 0 Å². The summed E-state index contributed by atoms with van der Waals surface area (Å²) in [4.78, 5) is 6.72. The number of hydrogen-bond acceptors (Lipinski definition) is 3. The predicted molar refractivity (Wildman–Crippen MR) is 89.0 cm³/mol. The molecule has 2 atom stereocenters. The Hall–Kier alpha value is -1.71. The Morgan fingerprint density at radius 1 is 1.14 bits per heavy atom. The van der Waals surface area contributed by atoms with E-state index in [1.165, 1.54) is 17.5 Å². The second-order valence-corrected chi connectivity index (χ2v) is 6.04. The lowest BCUT2D eigenvalue weighted by Gasteiger charge is -2.24. The summed E-state index contributed by atoms with van der Waals surface area (Å²) in [7, 11) is 1.78. The Bertz CT molecular complexity index is 558.